The lowest BCUT2D eigenvalue weighted by molar-refractivity contribution is -0.138. The van der Waals surface area contributed by atoms with Gasteiger partial charge in [0, 0.05) is 11.7 Å². The molecule has 0 aliphatic rings. The minimum atomic E-state index is -3.08. The topological polar surface area (TPSA) is 72.8 Å². The molecule has 2 unspecified atom stereocenters. The van der Waals surface area contributed by atoms with Crippen molar-refractivity contribution >= 4 is 32.7 Å². The molecule has 0 heterocycles. The van der Waals surface area contributed by atoms with Gasteiger partial charge >= 0.3 is 5.97 Å². The van der Waals surface area contributed by atoms with Crippen LogP contribution in [0.1, 0.15) is 49.4 Å². The van der Waals surface area contributed by atoms with Gasteiger partial charge in [-0.25, -0.2) is 4.39 Å². The number of hydrogen-bond acceptors (Lipinski definition) is 4. The zero-order valence-electron chi connectivity index (χ0n) is 27.3. The molecule has 4 rings (SSSR count). The van der Waals surface area contributed by atoms with Crippen LogP contribution in [0.15, 0.2) is 91.0 Å². The van der Waals surface area contributed by atoms with E-state index in [4.69, 9.17) is 8.95 Å². The van der Waals surface area contributed by atoms with Crippen LogP contribution in [0.4, 0.5) is 4.39 Å². The number of carboxylic acids is 1. The highest BCUT2D eigenvalue weighted by molar-refractivity contribution is 7.39. The van der Waals surface area contributed by atoms with E-state index >= 15 is 0 Å². The highest BCUT2D eigenvalue weighted by atomic mass is 31.1. The third kappa shape index (κ3) is 8.32. The lowest BCUT2D eigenvalue weighted by Gasteiger charge is -2.45. The first kappa shape index (κ1) is 35.1. The van der Waals surface area contributed by atoms with Crippen LogP contribution in [0.2, 0.25) is 5.04 Å². The minimum absolute atomic E-state index is 0.0488. The molecule has 2 atom stereocenters. The zero-order chi connectivity index (χ0) is 33.5. The summed E-state index contributed by atoms with van der Waals surface area (Å²) < 4.78 is 40.0. The Labute approximate surface area is 273 Å². The largest absolute Gasteiger partial charge is 0.481 e. The van der Waals surface area contributed by atoms with Crippen LogP contribution >= 0.6 is 8.03 Å². The second kappa shape index (κ2) is 15.2. The predicted octanol–water partition coefficient (Wildman–Crippen LogP) is 7.68. The second-order valence-corrected chi connectivity index (χ2v) is 18.3. The fraction of sp³-hybridized carbons (Fsp3) is 0.289. The Morgan fingerprint density at radius 3 is 2.07 bits per heavy atom. The van der Waals surface area contributed by atoms with E-state index in [0.29, 0.717) is 5.56 Å². The molecule has 0 aliphatic carbocycles. The first-order valence-corrected chi connectivity index (χ1v) is 18.8. The summed E-state index contributed by atoms with van der Waals surface area (Å²) in [5.41, 5.74) is 5.12. The van der Waals surface area contributed by atoms with E-state index in [0.717, 1.165) is 38.2 Å². The van der Waals surface area contributed by atoms with Crippen LogP contribution in [-0.2, 0) is 18.3 Å². The normalized spacial score (nSPS) is 13.0. The number of carboxylic acid groups (broad SMARTS) is 1. The van der Waals surface area contributed by atoms with E-state index in [2.05, 4.69) is 32.6 Å². The molecule has 4 aromatic carbocycles. The monoisotopic (exact) mass is 656 g/mol. The zero-order valence-corrected chi connectivity index (χ0v) is 29.3. The molecule has 0 fully saturated rings. The third-order valence-electron chi connectivity index (χ3n) is 8.02. The Bertz CT molecular complexity index is 1720. The predicted molar refractivity (Wildman–Crippen MR) is 187 cm³/mol. The highest BCUT2D eigenvalue weighted by Crippen LogP contribution is 2.39. The van der Waals surface area contributed by atoms with Crippen molar-refractivity contribution in [3.63, 3.8) is 0 Å². The molecule has 0 aromatic heterocycles. The van der Waals surface area contributed by atoms with E-state index in [1.165, 1.54) is 6.07 Å². The van der Waals surface area contributed by atoms with Gasteiger partial charge in [0.1, 0.15) is 12.4 Å². The Hall–Kier alpha value is -3.79. The third-order valence-corrected chi connectivity index (χ3v) is 14.4. The van der Waals surface area contributed by atoms with E-state index in [-0.39, 0.29) is 30.0 Å². The van der Waals surface area contributed by atoms with Gasteiger partial charge in [-0.2, -0.15) is 0 Å². The van der Waals surface area contributed by atoms with Gasteiger partial charge in [0.15, 0.2) is 8.03 Å². The SMILES string of the molecule is Cc1cc(C)c(C#CCO[PH](=O)CC(CC(=O)O)O[Si](c2ccccc2)(c2ccccc2)C(C)(C)C)c(-c2ccc(F)c(C)c2)c1. The summed E-state index contributed by atoms with van der Waals surface area (Å²) >= 11 is 0. The molecule has 0 aliphatic heterocycles. The van der Waals surface area contributed by atoms with Crippen molar-refractivity contribution in [1.82, 2.24) is 0 Å². The fourth-order valence-electron chi connectivity index (χ4n) is 5.95. The Morgan fingerprint density at radius 1 is 0.913 bits per heavy atom. The average molecular weight is 657 g/mol. The van der Waals surface area contributed by atoms with Gasteiger partial charge in [0.2, 0.25) is 0 Å². The first-order chi connectivity index (χ1) is 21.8. The van der Waals surface area contributed by atoms with Crippen molar-refractivity contribution in [3.8, 4) is 23.0 Å². The number of hydrogen-bond donors (Lipinski definition) is 1. The van der Waals surface area contributed by atoms with Crippen LogP contribution in [-0.4, -0.2) is 38.3 Å². The van der Waals surface area contributed by atoms with E-state index in [1.54, 1.807) is 19.1 Å². The molecule has 0 saturated carbocycles. The van der Waals surface area contributed by atoms with E-state index < -0.39 is 28.4 Å². The standard InChI is InChI=1S/C38H42FO5PSi/c1-27-22-28(2)34(35(23-27)30-19-20-36(39)29(3)24-30)18-13-21-43-45(42)26-31(25-37(40)41)44-46(38(4,5)6,32-14-9-7-10-15-32)33-16-11-8-12-17-33/h7-12,14-17,19-20,22-24,31,45H,21,25-26H2,1-6H3,(H,40,41). The van der Waals surface area contributed by atoms with Crippen LogP contribution in [0.25, 0.3) is 11.1 Å². The van der Waals surface area contributed by atoms with Crippen LogP contribution in [0.3, 0.4) is 0 Å². The molecule has 0 spiro atoms. The Kier molecular flexibility index (Phi) is 11.6. The summed E-state index contributed by atoms with van der Waals surface area (Å²) in [6.45, 7) is 11.9. The van der Waals surface area contributed by atoms with E-state index in [1.807, 2.05) is 86.6 Å². The molecule has 5 nitrogen and oxygen atoms in total. The van der Waals surface area contributed by atoms with Gasteiger partial charge < -0.3 is 14.1 Å². The molecule has 46 heavy (non-hydrogen) atoms. The molecule has 0 saturated heterocycles. The molecule has 240 valence electrons. The number of halogens is 1. The molecule has 0 bridgehead atoms. The van der Waals surface area contributed by atoms with Crippen LogP contribution < -0.4 is 10.4 Å². The minimum Gasteiger partial charge on any atom is -0.481 e. The number of aryl methyl sites for hydroxylation is 3. The maximum absolute atomic E-state index is 14.0. The summed E-state index contributed by atoms with van der Waals surface area (Å²) in [5.74, 6) is 4.88. The van der Waals surface area contributed by atoms with Gasteiger partial charge in [-0.1, -0.05) is 117 Å². The second-order valence-electron chi connectivity index (χ2n) is 12.6. The Morgan fingerprint density at radius 2 is 1.52 bits per heavy atom. The van der Waals surface area contributed by atoms with Gasteiger partial charge in [-0.3, -0.25) is 9.36 Å². The molecule has 0 radical (unpaired) electrons. The van der Waals surface area contributed by atoms with Crippen molar-refractivity contribution < 1.29 is 27.8 Å². The van der Waals surface area contributed by atoms with Crippen LogP contribution in [0.5, 0.6) is 0 Å². The number of benzene rings is 4. The molecular weight excluding hydrogens is 614 g/mol. The molecule has 4 aromatic rings. The lowest BCUT2D eigenvalue weighted by atomic mass is 9.93. The molecule has 1 N–H and O–H groups in total. The van der Waals surface area contributed by atoms with E-state index in [9.17, 15) is 18.9 Å². The summed E-state index contributed by atoms with van der Waals surface area (Å²) in [4.78, 5) is 12.0. The summed E-state index contributed by atoms with van der Waals surface area (Å²) in [7, 11) is -5.79. The van der Waals surface area contributed by atoms with Gasteiger partial charge in [0.25, 0.3) is 8.32 Å². The summed E-state index contributed by atoms with van der Waals surface area (Å²) in [5, 5.41) is 11.5. The fourth-order valence-corrected chi connectivity index (χ4v) is 11.7. The number of aliphatic carboxylic acids is 1. The van der Waals surface area contributed by atoms with Crippen molar-refractivity contribution in [1.29, 1.82) is 0 Å². The molecular formula is C38H42FO5PSi. The van der Waals surface area contributed by atoms with Crippen molar-refractivity contribution in [2.75, 3.05) is 12.8 Å². The number of rotatable bonds is 11. The smallest absolute Gasteiger partial charge is 0.305 e. The van der Waals surface area contributed by atoms with Crippen LogP contribution in [0, 0.1) is 38.4 Å². The van der Waals surface area contributed by atoms with Crippen molar-refractivity contribution in [3.05, 3.63) is 119 Å². The van der Waals surface area contributed by atoms with Gasteiger partial charge in [0.05, 0.1) is 12.5 Å². The van der Waals surface area contributed by atoms with Gasteiger partial charge in [-0.05, 0) is 70.6 Å². The lowest BCUT2D eigenvalue weighted by Crippen LogP contribution is -2.68. The van der Waals surface area contributed by atoms with Gasteiger partial charge in [-0.15, -0.1) is 0 Å². The van der Waals surface area contributed by atoms with Crippen molar-refractivity contribution in [2.45, 2.75) is 59.1 Å². The number of carbonyl (C=O) groups is 1. The maximum atomic E-state index is 14.0. The highest BCUT2D eigenvalue weighted by Gasteiger charge is 2.51. The maximum Gasteiger partial charge on any atom is 0.305 e. The summed E-state index contributed by atoms with van der Waals surface area (Å²) in [6, 6.07) is 28.9. The average Bonchev–Trinajstić information content (AvgIpc) is 3.00. The molecule has 0 amide bonds. The summed E-state index contributed by atoms with van der Waals surface area (Å²) in [6.07, 6.45) is -1.19. The van der Waals surface area contributed by atoms with Crippen molar-refractivity contribution in [2.24, 2.45) is 0 Å². The quantitative estimate of drug-likeness (QED) is 0.102. The first-order valence-electron chi connectivity index (χ1n) is 15.3. The molecule has 8 heteroatoms. The Balaban J connectivity index is 1.58.